The lowest BCUT2D eigenvalue weighted by atomic mass is 9.59. The van der Waals surface area contributed by atoms with Gasteiger partial charge in [0.1, 0.15) is 21.8 Å². The summed E-state index contributed by atoms with van der Waals surface area (Å²) in [5.41, 5.74) is 2.14. The van der Waals surface area contributed by atoms with Gasteiger partial charge in [-0.15, -0.1) is 0 Å². The summed E-state index contributed by atoms with van der Waals surface area (Å²) in [5, 5.41) is 15.2. The zero-order valence-electron chi connectivity index (χ0n) is 34.5. The van der Waals surface area contributed by atoms with E-state index in [0.29, 0.717) is 36.5 Å². The number of hydrogen-bond acceptors (Lipinski definition) is 10. The Bertz CT molecular complexity index is 2290. The minimum Gasteiger partial charge on any atom is -0.374 e. The molecule has 1 aliphatic carbocycles. The molecule has 4 aromatic rings. The average Bonchev–Trinajstić information content (AvgIpc) is 3.90. The van der Waals surface area contributed by atoms with E-state index in [2.05, 4.69) is 86.7 Å². The fourth-order valence-corrected chi connectivity index (χ4v) is 11.4. The van der Waals surface area contributed by atoms with Crippen molar-refractivity contribution >= 4 is 44.0 Å². The minimum atomic E-state index is -4.62. The number of fused-ring (bicyclic) bond motifs is 1. The number of H-pyrrole nitrogens is 1. The Morgan fingerprint density at radius 1 is 1.00 bits per heavy atom. The molecule has 15 heteroatoms. The highest BCUT2D eigenvalue weighted by Crippen LogP contribution is 2.54. The largest absolute Gasteiger partial charge is 0.374 e. The van der Waals surface area contributed by atoms with Crippen LogP contribution in [0.5, 0.6) is 0 Å². The van der Waals surface area contributed by atoms with Crippen LogP contribution in [0.1, 0.15) is 113 Å². The van der Waals surface area contributed by atoms with Gasteiger partial charge in [-0.05, 0) is 118 Å². The van der Waals surface area contributed by atoms with Crippen molar-refractivity contribution in [3.8, 4) is 0 Å². The molecule has 3 aliphatic heterocycles. The molecular weight excluding hydrogens is 772 g/mol. The Hall–Kier alpha value is -4.60. The van der Waals surface area contributed by atoms with Crippen molar-refractivity contribution in [1.29, 1.82) is 0 Å². The van der Waals surface area contributed by atoms with Crippen LogP contribution in [0, 0.1) is 15.5 Å². The van der Waals surface area contributed by atoms with Gasteiger partial charge in [-0.2, -0.15) is 0 Å². The first-order valence-corrected chi connectivity index (χ1v) is 22.7. The highest BCUT2D eigenvalue weighted by Gasteiger charge is 2.50. The number of nitrogens with zero attached hydrogens (tertiary/aromatic N) is 5. The molecule has 4 fully saturated rings. The van der Waals surface area contributed by atoms with Gasteiger partial charge in [-0.25, -0.2) is 22.5 Å². The molecule has 0 radical (unpaired) electrons. The van der Waals surface area contributed by atoms with Crippen molar-refractivity contribution in [2.75, 3.05) is 49.5 Å². The average molecular weight is 829 g/mol. The lowest BCUT2D eigenvalue weighted by molar-refractivity contribution is -0.384. The zero-order chi connectivity index (χ0) is 41.7. The Morgan fingerprint density at radius 2 is 1.69 bits per heavy atom. The second-order valence-corrected chi connectivity index (χ2v) is 19.6. The third-order valence-corrected chi connectivity index (χ3v) is 15.1. The van der Waals surface area contributed by atoms with Gasteiger partial charge in [0.05, 0.1) is 16.8 Å². The van der Waals surface area contributed by atoms with Crippen molar-refractivity contribution in [1.82, 2.24) is 24.5 Å². The smallest absolute Gasteiger partial charge is 0.296 e. The van der Waals surface area contributed by atoms with Crippen LogP contribution in [0.3, 0.4) is 0 Å². The quantitative estimate of drug-likeness (QED) is 0.0947. The molecule has 3 saturated heterocycles. The number of carbonyl (C=O) groups excluding carboxylic acids is 1. The Labute approximate surface area is 346 Å². The fourth-order valence-electron chi connectivity index (χ4n) is 10.2. The van der Waals surface area contributed by atoms with E-state index in [1.54, 1.807) is 12.1 Å². The number of hydrogen-bond donors (Lipinski definition) is 3. The number of imidazole rings is 1. The zero-order valence-corrected chi connectivity index (χ0v) is 35.4. The molecule has 13 nitrogen and oxygen atoms in total. The number of aromatic amines is 1. The van der Waals surface area contributed by atoms with E-state index in [1.807, 2.05) is 12.1 Å². The first-order chi connectivity index (χ1) is 28.2. The predicted octanol–water partition coefficient (Wildman–Crippen LogP) is 7.92. The first-order valence-electron chi connectivity index (χ1n) is 21.2. The molecule has 3 aromatic carbocycles. The number of halogens is 1. The van der Waals surface area contributed by atoms with E-state index < -0.39 is 37.1 Å². The Kier molecular flexibility index (Phi) is 11.2. The van der Waals surface area contributed by atoms with Crippen molar-refractivity contribution in [3.05, 3.63) is 87.7 Å². The van der Waals surface area contributed by atoms with Gasteiger partial charge in [0, 0.05) is 68.2 Å². The van der Waals surface area contributed by atoms with Crippen molar-refractivity contribution in [3.63, 3.8) is 0 Å². The van der Waals surface area contributed by atoms with Gasteiger partial charge >= 0.3 is 0 Å². The molecule has 1 atom stereocenters. The maximum absolute atomic E-state index is 15.8. The maximum atomic E-state index is 15.8. The second-order valence-electron chi connectivity index (χ2n) is 18.0. The van der Waals surface area contributed by atoms with Crippen LogP contribution in [-0.4, -0.2) is 96.0 Å². The van der Waals surface area contributed by atoms with Crippen LogP contribution in [-0.2, 0) is 10.0 Å². The summed E-state index contributed by atoms with van der Waals surface area (Å²) in [6.07, 6.45) is 8.89. The molecule has 0 bridgehead atoms. The molecule has 1 unspecified atom stereocenters. The number of amides is 1. The predicted molar refractivity (Wildman–Crippen MR) is 228 cm³/mol. The van der Waals surface area contributed by atoms with E-state index in [4.69, 9.17) is 0 Å². The lowest BCUT2D eigenvalue weighted by Crippen LogP contribution is -2.54. The molecule has 4 aliphatic rings. The van der Waals surface area contributed by atoms with Crippen LogP contribution in [0.2, 0.25) is 0 Å². The topological polar surface area (TPSA) is 157 Å². The lowest BCUT2D eigenvalue weighted by Gasteiger charge is -2.56. The fraction of sp³-hybridized carbons (Fsp3) is 0.545. The number of nitrogens with one attached hydrogen (secondary N) is 3. The number of benzene rings is 3. The summed E-state index contributed by atoms with van der Waals surface area (Å²) in [7, 11) is -4.62. The van der Waals surface area contributed by atoms with E-state index in [1.165, 1.54) is 49.7 Å². The Morgan fingerprint density at radius 3 is 2.36 bits per heavy atom. The number of rotatable bonds is 12. The number of sulfonamides is 1. The third-order valence-electron chi connectivity index (χ3n) is 13.8. The number of piperidine rings is 2. The minimum absolute atomic E-state index is 0.0352. The molecule has 1 amide bonds. The molecule has 1 saturated carbocycles. The van der Waals surface area contributed by atoms with E-state index in [9.17, 15) is 23.3 Å². The van der Waals surface area contributed by atoms with Gasteiger partial charge in [0.2, 0.25) is 0 Å². The summed E-state index contributed by atoms with van der Waals surface area (Å²) in [6.45, 7) is 12.6. The number of likely N-dealkylation sites (tertiary alicyclic amines) is 2. The standard InChI is InChI=1S/C44H57FN8O5S/c1-29(2)34-8-5-6-9-35(34)36-10-7-19-52(36)33-25-43(26-33)15-20-51(21-16-43)32-13-11-31(12-14-32)42(54)49-59(57,58)38-24-37(53(55)56)39(41-40(38)47-28-48-41)46-27-44(45)17-22-50(23-18-44)30(3)4/h5-6,8-9,11-14,24,28-30,33,36,46H,7,10,15-23,25-27H2,1-4H3,(H,47,48)(H,49,54). The highest BCUT2D eigenvalue weighted by atomic mass is 32.2. The normalized spacial score (nSPS) is 21.3. The summed E-state index contributed by atoms with van der Waals surface area (Å²) < 4.78 is 45.3. The first kappa shape index (κ1) is 41.1. The van der Waals surface area contributed by atoms with Crippen molar-refractivity contribution in [2.24, 2.45) is 5.41 Å². The SMILES string of the molecule is CC(C)c1ccccc1C1CCCN1C1CC2(CCN(c3ccc(C(=O)NS(=O)(=O)c4cc([N+](=O)[O-])c(NCC5(F)CCN(C(C)C)CC5)c5[nH]cnc45)cc3)CC2)C1. The van der Waals surface area contributed by atoms with Gasteiger partial charge in [0.15, 0.2) is 0 Å². The molecule has 59 heavy (non-hydrogen) atoms. The summed E-state index contributed by atoms with van der Waals surface area (Å²) in [6, 6.07) is 18.2. The molecule has 1 spiro atoms. The number of anilines is 2. The van der Waals surface area contributed by atoms with Crippen LogP contribution in [0.25, 0.3) is 11.0 Å². The number of alkyl halides is 1. The second kappa shape index (κ2) is 16.1. The molecule has 3 N–H and O–H groups in total. The third kappa shape index (κ3) is 8.17. The van der Waals surface area contributed by atoms with Crippen molar-refractivity contribution < 1.29 is 22.5 Å². The monoisotopic (exact) mass is 828 g/mol. The van der Waals surface area contributed by atoms with E-state index in [0.717, 1.165) is 37.7 Å². The number of nitro groups is 1. The summed E-state index contributed by atoms with van der Waals surface area (Å²) in [4.78, 5) is 38.6. The molecule has 4 heterocycles. The number of aromatic nitrogens is 2. The Balaban J connectivity index is 0.887. The number of carbonyl (C=O) groups is 1. The highest BCUT2D eigenvalue weighted by molar-refractivity contribution is 7.90. The van der Waals surface area contributed by atoms with Gasteiger partial charge in [-0.1, -0.05) is 38.1 Å². The van der Waals surface area contributed by atoms with E-state index in [-0.39, 0.29) is 47.7 Å². The van der Waals surface area contributed by atoms with Crippen LogP contribution >= 0.6 is 0 Å². The number of nitro benzene ring substituents is 1. The summed E-state index contributed by atoms with van der Waals surface area (Å²) >= 11 is 0. The molecule has 8 rings (SSSR count). The molecule has 1 aromatic heterocycles. The van der Waals surface area contributed by atoms with Gasteiger partial charge in [0.25, 0.3) is 21.6 Å². The van der Waals surface area contributed by atoms with Crippen LogP contribution in [0.4, 0.5) is 21.5 Å². The molecular formula is C44H57FN8O5S. The van der Waals surface area contributed by atoms with Crippen molar-refractivity contribution in [2.45, 2.75) is 114 Å². The van der Waals surface area contributed by atoms with Gasteiger partial charge in [-0.3, -0.25) is 19.8 Å². The van der Waals surface area contributed by atoms with Crippen LogP contribution < -0.4 is 14.9 Å². The van der Waals surface area contributed by atoms with Crippen LogP contribution in [0.15, 0.2) is 65.8 Å². The summed E-state index contributed by atoms with van der Waals surface area (Å²) in [5.74, 6) is -0.359. The maximum Gasteiger partial charge on any atom is 0.296 e. The van der Waals surface area contributed by atoms with E-state index >= 15 is 4.39 Å². The van der Waals surface area contributed by atoms with Gasteiger partial charge < -0.3 is 20.1 Å². The molecule has 316 valence electrons.